The van der Waals surface area contributed by atoms with Crippen LogP contribution in [0.5, 0.6) is 0 Å². The molecule has 0 radical (unpaired) electrons. The van der Waals surface area contributed by atoms with Crippen molar-refractivity contribution in [2.24, 2.45) is 5.92 Å². The van der Waals surface area contributed by atoms with Crippen molar-refractivity contribution in [2.45, 2.75) is 133 Å². The number of carbonyl (C=O) groups excluding carboxylic acids is 6. The number of amides is 6. The minimum Gasteiger partial charge on any atom is -0.481 e. The van der Waals surface area contributed by atoms with E-state index in [1.807, 2.05) is 0 Å². The van der Waals surface area contributed by atoms with Gasteiger partial charge in [0.2, 0.25) is 35.4 Å². The predicted molar refractivity (Wildman–Crippen MR) is 227 cm³/mol. The fourth-order valence-electron chi connectivity index (χ4n) is 7.56. The Morgan fingerprint density at radius 2 is 0.969 bits per heavy atom. The molecular formula is C44H58N6O14. The lowest BCUT2D eigenvalue weighted by atomic mass is 9.84. The van der Waals surface area contributed by atoms with Gasteiger partial charge in [-0.3, -0.25) is 43.2 Å². The Kier molecular flexibility index (Phi) is 20.9. The largest absolute Gasteiger partial charge is 0.481 e. The van der Waals surface area contributed by atoms with Crippen LogP contribution in [0.1, 0.15) is 108 Å². The topological polar surface area (TPSA) is 324 Å². The highest BCUT2D eigenvalue weighted by molar-refractivity contribution is 5.98. The highest BCUT2D eigenvalue weighted by Gasteiger charge is 2.38. The number of aliphatic carboxylic acids is 4. The summed E-state index contributed by atoms with van der Waals surface area (Å²) in [6.07, 6.45) is 1.15. The average molecular weight is 895 g/mol. The molecule has 1 unspecified atom stereocenters. The smallest absolute Gasteiger partial charge is 0.326 e. The van der Waals surface area contributed by atoms with E-state index in [1.165, 1.54) is 0 Å². The molecule has 0 saturated heterocycles. The molecule has 64 heavy (non-hydrogen) atoms. The van der Waals surface area contributed by atoms with Gasteiger partial charge in [0.25, 0.3) is 0 Å². The normalized spacial score (nSPS) is 15.4. The Balaban J connectivity index is 2.10. The molecule has 6 amide bonds. The van der Waals surface area contributed by atoms with E-state index in [-0.39, 0.29) is 18.8 Å². The highest BCUT2D eigenvalue weighted by atomic mass is 16.4. The molecule has 1 aliphatic rings. The van der Waals surface area contributed by atoms with Crippen molar-refractivity contribution < 1.29 is 68.4 Å². The van der Waals surface area contributed by atoms with Crippen LogP contribution in [0.4, 0.5) is 0 Å². The molecule has 10 N–H and O–H groups in total. The van der Waals surface area contributed by atoms with Crippen LogP contribution in [0.25, 0.3) is 0 Å². The van der Waals surface area contributed by atoms with Crippen LogP contribution in [0, 0.1) is 5.92 Å². The molecule has 2 aromatic rings. The molecule has 6 atom stereocenters. The SMILES string of the molecule is CC[C@H](NC(=O)[C@H](CC1CCCCC1)NC(=O)[C@H](CCC(=O)O)NC(=O)C(NC(=O)[C@H](CCC(=O)O)NC(=O)[C@H](CC(=O)O)NC(C)=O)C(c1ccccc1)c1ccccc1)C(=O)O. The van der Waals surface area contributed by atoms with Crippen LogP contribution in [-0.4, -0.2) is 116 Å². The Labute approximate surface area is 369 Å². The van der Waals surface area contributed by atoms with Gasteiger partial charge >= 0.3 is 23.9 Å². The molecule has 1 aliphatic carbocycles. The Hall–Kier alpha value is -6.86. The van der Waals surface area contributed by atoms with E-state index in [0.717, 1.165) is 39.0 Å². The minimum absolute atomic E-state index is 0.00826. The van der Waals surface area contributed by atoms with Gasteiger partial charge in [0, 0.05) is 25.7 Å². The van der Waals surface area contributed by atoms with Gasteiger partial charge in [0.15, 0.2) is 0 Å². The maximum Gasteiger partial charge on any atom is 0.326 e. The quantitative estimate of drug-likeness (QED) is 0.0639. The van der Waals surface area contributed by atoms with E-state index in [0.29, 0.717) is 11.1 Å². The minimum atomic E-state index is -1.72. The summed E-state index contributed by atoms with van der Waals surface area (Å²) in [5, 5.41) is 52.9. The molecule has 1 fully saturated rings. The van der Waals surface area contributed by atoms with Crippen LogP contribution in [0.2, 0.25) is 0 Å². The van der Waals surface area contributed by atoms with Crippen LogP contribution in [0.3, 0.4) is 0 Å². The van der Waals surface area contributed by atoms with Crippen LogP contribution >= 0.6 is 0 Å². The molecular weight excluding hydrogens is 837 g/mol. The standard InChI is InChI=1S/C44H58N6O14/c1-3-29(44(63)64)46-41(60)32(23-26-13-7-4-8-14-26)49-39(58)30(19-21-34(52)53)48-43(62)38(37(27-15-9-5-10-16-27)28-17-11-6-12-18-28)50-40(59)31(20-22-35(54)55)47-42(61)33(24-36(56)57)45-25(2)51/h5-6,9-12,15-18,26,29-33,37-38H,3-4,7-8,13-14,19-24H2,1-2H3,(H,45,51)(H,46,60)(H,47,61)(H,48,62)(H,49,58)(H,50,59)(H,52,53)(H,54,55)(H,56,57)(H,63,64)/t29-,30-,31-,32-,33-,38?/m0/s1. The number of carbonyl (C=O) groups is 10. The molecule has 1 saturated carbocycles. The number of carboxylic acids is 4. The van der Waals surface area contributed by atoms with Crippen LogP contribution in [-0.2, 0) is 47.9 Å². The van der Waals surface area contributed by atoms with Gasteiger partial charge in [-0.1, -0.05) is 99.7 Å². The van der Waals surface area contributed by atoms with Gasteiger partial charge in [0.1, 0.15) is 36.3 Å². The predicted octanol–water partition coefficient (Wildman–Crippen LogP) is 1.42. The molecule has 348 valence electrons. The van der Waals surface area contributed by atoms with Crippen molar-refractivity contribution in [1.82, 2.24) is 31.9 Å². The lowest BCUT2D eigenvalue weighted by Crippen LogP contribution is -2.60. The summed E-state index contributed by atoms with van der Waals surface area (Å²) in [5.41, 5.74) is 0.930. The third kappa shape index (κ3) is 17.1. The molecule has 3 rings (SSSR count). The molecule has 20 nitrogen and oxygen atoms in total. The maximum atomic E-state index is 14.8. The van der Waals surface area contributed by atoms with Gasteiger partial charge in [-0.15, -0.1) is 0 Å². The van der Waals surface area contributed by atoms with Gasteiger partial charge < -0.3 is 52.3 Å². The van der Waals surface area contributed by atoms with Gasteiger partial charge in [-0.05, 0) is 42.7 Å². The van der Waals surface area contributed by atoms with Crippen molar-refractivity contribution >= 4 is 59.3 Å². The average Bonchev–Trinajstić information content (AvgIpc) is 3.25. The zero-order chi connectivity index (χ0) is 47.3. The van der Waals surface area contributed by atoms with E-state index in [9.17, 15) is 68.4 Å². The first-order valence-corrected chi connectivity index (χ1v) is 21.2. The summed E-state index contributed by atoms with van der Waals surface area (Å²) in [6, 6.07) is 7.40. The third-order valence-corrected chi connectivity index (χ3v) is 10.8. The first-order valence-electron chi connectivity index (χ1n) is 21.2. The fraction of sp³-hybridized carbons (Fsp3) is 0.500. The summed E-state index contributed by atoms with van der Waals surface area (Å²) in [5.74, 6) is -12.3. The Morgan fingerprint density at radius 1 is 0.531 bits per heavy atom. The van der Waals surface area contributed by atoms with E-state index < -0.39 is 134 Å². The lowest BCUT2D eigenvalue weighted by Gasteiger charge is -2.32. The first kappa shape index (κ1) is 51.5. The molecule has 2 aromatic carbocycles. The van der Waals surface area contributed by atoms with Crippen molar-refractivity contribution in [1.29, 1.82) is 0 Å². The molecule has 20 heteroatoms. The Morgan fingerprint density at radius 3 is 1.42 bits per heavy atom. The van der Waals surface area contributed by atoms with Crippen LogP contribution < -0.4 is 31.9 Å². The summed E-state index contributed by atoms with van der Waals surface area (Å²) in [4.78, 5) is 129. The number of benzene rings is 2. The molecule has 0 heterocycles. The molecule has 0 spiro atoms. The first-order chi connectivity index (χ1) is 30.4. The number of rotatable bonds is 26. The summed E-state index contributed by atoms with van der Waals surface area (Å²) < 4.78 is 0. The summed E-state index contributed by atoms with van der Waals surface area (Å²) in [7, 11) is 0. The Bertz CT molecular complexity index is 1900. The number of hydrogen-bond donors (Lipinski definition) is 10. The summed E-state index contributed by atoms with van der Waals surface area (Å²) >= 11 is 0. The van der Waals surface area contributed by atoms with Crippen LogP contribution in [0.15, 0.2) is 60.7 Å². The van der Waals surface area contributed by atoms with E-state index >= 15 is 0 Å². The summed E-state index contributed by atoms with van der Waals surface area (Å²) in [6.45, 7) is 2.59. The van der Waals surface area contributed by atoms with Gasteiger partial charge in [0.05, 0.1) is 6.42 Å². The number of hydrogen-bond acceptors (Lipinski definition) is 10. The number of nitrogens with one attached hydrogen (secondary N) is 6. The van der Waals surface area contributed by atoms with Crippen molar-refractivity contribution in [3.63, 3.8) is 0 Å². The second-order valence-electron chi connectivity index (χ2n) is 15.7. The van der Waals surface area contributed by atoms with E-state index in [1.54, 1.807) is 67.6 Å². The maximum absolute atomic E-state index is 14.8. The lowest BCUT2D eigenvalue weighted by molar-refractivity contribution is -0.142. The highest BCUT2D eigenvalue weighted by Crippen LogP contribution is 2.30. The monoisotopic (exact) mass is 894 g/mol. The zero-order valence-electron chi connectivity index (χ0n) is 35.7. The second-order valence-corrected chi connectivity index (χ2v) is 15.7. The van der Waals surface area contributed by atoms with Crippen molar-refractivity contribution in [3.05, 3.63) is 71.8 Å². The molecule has 0 aromatic heterocycles. The zero-order valence-corrected chi connectivity index (χ0v) is 35.7. The molecule has 0 aliphatic heterocycles. The van der Waals surface area contributed by atoms with Gasteiger partial charge in [-0.2, -0.15) is 0 Å². The van der Waals surface area contributed by atoms with E-state index in [4.69, 9.17) is 0 Å². The van der Waals surface area contributed by atoms with Gasteiger partial charge in [-0.25, -0.2) is 4.79 Å². The van der Waals surface area contributed by atoms with Crippen molar-refractivity contribution in [2.75, 3.05) is 0 Å². The second kappa shape index (κ2) is 25.9. The fourth-order valence-corrected chi connectivity index (χ4v) is 7.56. The van der Waals surface area contributed by atoms with E-state index in [2.05, 4.69) is 31.9 Å². The third-order valence-electron chi connectivity index (χ3n) is 10.8. The number of carboxylic acid groups (broad SMARTS) is 4. The molecule has 0 bridgehead atoms. The van der Waals surface area contributed by atoms with Crippen molar-refractivity contribution in [3.8, 4) is 0 Å².